The first-order valence-electron chi connectivity index (χ1n) is 7.92. The number of amides is 1. The molecule has 0 fully saturated rings. The molecule has 0 unspecified atom stereocenters. The summed E-state index contributed by atoms with van der Waals surface area (Å²) in [4.78, 5) is 15.4. The number of thioether (sulfide) groups is 1. The van der Waals surface area contributed by atoms with Gasteiger partial charge in [0.05, 0.1) is 30.6 Å². The SMILES string of the molecule is O=C(CCSc1ccccc1Cl)N(Cc1ccco1)Cc1ccco1. The number of benzene rings is 1. The largest absolute Gasteiger partial charge is 0.467 e. The molecule has 2 aromatic heterocycles. The fourth-order valence-corrected chi connectivity index (χ4v) is 3.56. The van der Waals surface area contributed by atoms with Crippen molar-refractivity contribution in [3.8, 4) is 0 Å². The fraction of sp³-hybridized carbons (Fsp3) is 0.211. The molecule has 0 radical (unpaired) electrons. The van der Waals surface area contributed by atoms with Crippen molar-refractivity contribution in [1.82, 2.24) is 4.90 Å². The van der Waals surface area contributed by atoms with Gasteiger partial charge in [-0.05, 0) is 36.4 Å². The lowest BCUT2D eigenvalue weighted by atomic mass is 10.3. The Bertz CT molecular complexity index is 751. The molecule has 0 saturated carbocycles. The molecule has 2 heterocycles. The van der Waals surface area contributed by atoms with Gasteiger partial charge in [0.15, 0.2) is 0 Å². The Balaban J connectivity index is 1.59. The highest BCUT2D eigenvalue weighted by Crippen LogP contribution is 2.27. The van der Waals surface area contributed by atoms with Crippen molar-refractivity contribution in [3.63, 3.8) is 0 Å². The van der Waals surface area contributed by atoms with Crippen LogP contribution in [-0.4, -0.2) is 16.6 Å². The van der Waals surface area contributed by atoms with Crippen LogP contribution in [-0.2, 0) is 17.9 Å². The van der Waals surface area contributed by atoms with Crippen LogP contribution in [0.5, 0.6) is 0 Å². The van der Waals surface area contributed by atoms with Crippen molar-refractivity contribution in [3.05, 3.63) is 77.6 Å². The second-order valence-electron chi connectivity index (χ2n) is 5.44. The molecule has 130 valence electrons. The van der Waals surface area contributed by atoms with Crippen LogP contribution in [0.15, 0.2) is 74.8 Å². The summed E-state index contributed by atoms with van der Waals surface area (Å²) in [6, 6.07) is 15.0. The lowest BCUT2D eigenvalue weighted by Crippen LogP contribution is -2.30. The molecule has 0 aliphatic carbocycles. The molecule has 4 nitrogen and oxygen atoms in total. The van der Waals surface area contributed by atoms with Gasteiger partial charge in [0.25, 0.3) is 0 Å². The number of furan rings is 2. The molecule has 0 spiro atoms. The highest BCUT2D eigenvalue weighted by molar-refractivity contribution is 7.99. The van der Waals surface area contributed by atoms with Crippen LogP contribution in [0.4, 0.5) is 0 Å². The molecular weight excluding hydrogens is 358 g/mol. The van der Waals surface area contributed by atoms with Crippen molar-refractivity contribution >= 4 is 29.3 Å². The normalized spacial score (nSPS) is 10.8. The summed E-state index contributed by atoms with van der Waals surface area (Å²) < 4.78 is 10.8. The van der Waals surface area contributed by atoms with E-state index in [4.69, 9.17) is 20.4 Å². The molecule has 1 amide bonds. The van der Waals surface area contributed by atoms with E-state index < -0.39 is 0 Å². The highest BCUT2D eigenvalue weighted by atomic mass is 35.5. The lowest BCUT2D eigenvalue weighted by Gasteiger charge is -2.20. The number of nitrogens with zero attached hydrogens (tertiary/aromatic N) is 1. The summed E-state index contributed by atoms with van der Waals surface area (Å²) in [6.45, 7) is 0.840. The summed E-state index contributed by atoms with van der Waals surface area (Å²) >= 11 is 7.73. The molecule has 6 heteroatoms. The predicted octanol–water partition coefficient (Wildman–Crippen LogP) is 5.24. The summed E-state index contributed by atoms with van der Waals surface area (Å²) in [5.41, 5.74) is 0. The van der Waals surface area contributed by atoms with Crippen LogP contribution >= 0.6 is 23.4 Å². The van der Waals surface area contributed by atoms with E-state index in [9.17, 15) is 4.79 Å². The summed E-state index contributed by atoms with van der Waals surface area (Å²) in [7, 11) is 0. The molecule has 0 atom stereocenters. The van der Waals surface area contributed by atoms with Gasteiger partial charge in [-0.15, -0.1) is 11.8 Å². The van der Waals surface area contributed by atoms with Gasteiger partial charge in [-0.25, -0.2) is 0 Å². The molecule has 0 aliphatic rings. The first-order valence-corrected chi connectivity index (χ1v) is 9.28. The minimum absolute atomic E-state index is 0.0485. The average molecular weight is 376 g/mol. The van der Waals surface area contributed by atoms with Gasteiger partial charge >= 0.3 is 0 Å². The van der Waals surface area contributed by atoms with Crippen molar-refractivity contribution < 1.29 is 13.6 Å². The molecule has 25 heavy (non-hydrogen) atoms. The Labute approximate surface area is 155 Å². The first-order chi connectivity index (χ1) is 12.2. The van der Waals surface area contributed by atoms with Crippen molar-refractivity contribution in [2.24, 2.45) is 0 Å². The van der Waals surface area contributed by atoms with Crippen LogP contribution in [0.3, 0.4) is 0 Å². The number of halogens is 1. The first kappa shape index (κ1) is 17.7. The molecule has 3 rings (SSSR count). The van der Waals surface area contributed by atoms with Gasteiger partial charge in [0.2, 0.25) is 5.91 Å². The van der Waals surface area contributed by atoms with E-state index in [0.29, 0.717) is 30.3 Å². The predicted molar refractivity (Wildman–Crippen MR) is 98.5 cm³/mol. The number of carbonyl (C=O) groups is 1. The van der Waals surface area contributed by atoms with Crippen LogP contribution in [0.25, 0.3) is 0 Å². The van der Waals surface area contributed by atoms with Crippen LogP contribution in [0, 0.1) is 0 Å². The van der Waals surface area contributed by atoms with Crippen LogP contribution in [0.1, 0.15) is 17.9 Å². The minimum Gasteiger partial charge on any atom is -0.467 e. The summed E-state index contributed by atoms with van der Waals surface area (Å²) in [5, 5.41) is 0.711. The smallest absolute Gasteiger partial charge is 0.224 e. The van der Waals surface area contributed by atoms with Crippen LogP contribution in [0.2, 0.25) is 5.02 Å². The minimum atomic E-state index is 0.0485. The third-order valence-electron chi connectivity index (χ3n) is 3.62. The van der Waals surface area contributed by atoms with Gasteiger partial charge in [-0.1, -0.05) is 23.7 Å². The maximum Gasteiger partial charge on any atom is 0.224 e. The zero-order valence-corrected chi connectivity index (χ0v) is 15.1. The Morgan fingerprint density at radius 3 is 2.16 bits per heavy atom. The van der Waals surface area contributed by atoms with E-state index in [0.717, 1.165) is 16.4 Å². The van der Waals surface area contributed by atoms with E-state index in [1.54, 1.807) is 29.2 Å². The Morgan fingerprint density at radius 1 is 0.960 bits per heavy atom. The Hall–Kier alpha value is -2.11. The number of hydrogen-bond donors (Lipinski definition) is 0. The van der Waals surface area contributed by atoms with Crippen LogP contribution < -0.4 is 0 Å². The van der Waals surface area contributed by atoms with Gasteiger partial charge in [0, 0.05) is 17.1 Å². The van der Waals surface area contributed by atoms with Crippen molar-refractivity contribution in [2.45, 2.75) is 24.4 Å². The van der Waals surface area contributed by atoms with Crippen molar-refractivity contribution in [1.29, 1.82) is 0 Å². The summed E-state index contributed by atoms with van der Waals surface area (Å²) in [5.74, 6) is 2.21. The quantitative estimate of drug-likeness (QED) is 0.505. The van der Waals surface area contributed by atoms with E-state index in [2.05, 4.69) is 0 Å². The number of rotatable bonds is 8. The maximum atomic E-state index is 12.7. The van der Waals surface area contributed by atoms with E-state index >= 15 is 0 Å². The zero-order valence-electron chi connectivity index (χ0n) is 13.6. The maximum absolute atomic E-state index is 12.7. The topological polar surface area (TPSA) is 46.6 Å². The lowest BCUT2D eigenvalue weighted by molar-refractivity contribution is -0.132. The van der Waals surface area contributed by atoms with E-state index in [-0.39, 0.29) is 5.91 Å². The monoisotopic (exact) mass is 375 g/mol. The Kier molecular flexibility index (Phi) is 6.25. The second-order valence-corrected chi connectivity index (χ2v) is 6.98. The molecule has 0 saturated heterocycles. The highest BCUT2D eigenvalue weighted by Gasteiger charge is 2.17. The molecule has 0 bridgehead atoms. The standard InChI is InChI=1S/C19H18ClNO3S/c20-17-7-1-2-8-18(17)25-12-9-19(22)21(13-15-5-3-10-23-15)14-16-6-4-11-24-16/h1-8,10-11H,9,12-14H2. The van der Waals surface area contributed by atoms with Crippen molar-refractivity contribution in [2.75, 3.05) is 5.75 Å². The number of hydrogen-bond acceptors (Lipinski definition) is 4. The zero-order chi connectivity index (χ0) is 17.5. The van der Waals surface area contributed by atoms with Gasteiger partial charge in [-0.3, -0.25) is 4.79 Å². The van der Waals surface area contributed by atoms with Gasteiger partial charge < -0.3 is 13.7 Å². The van der Waals surface area contributed by atoms with Gasteiger partial charge in [-0.2, -0.15) is 0 Å². The van der Waals surface area contributed by atoms with E-state index in [1.807, 2.05) is 48.5 Å². The molecule has 1 aromatic carbocycles. The fourth-order valence-electron chi connectivity index (χ4n) is 2.38. The number of carbonyl (C=O) groups excluding carboxylic acids is 1. The molecule has 3 aromatic rings. The van der Waals surface area contributed by atoms with Gasteiger partial charge in [0.1, 0.15) is 11.5 Å². The summed E-state index contributed by atoms with van der Waals surface area (Å²) in [6.07, 6.45) is 3.63. The third-order valence-corrected chi connectivity index (χ3v) is 5.13. The molecular formula is C19H18ClNO3S. The third kappa shape index (κ3) is 5.18. The second kappa shape index (κ2) is 8.83. The Morgan fingerprint density at radius 2 is 1.60 bits per heavy atom. The molecule has 0 aliphatic heterocycles. The average Bonchev–Trinajstić information content (AvgIpc) is 3.30. The van der Waals surface area contributed by atoms with E-state index in [1.165, 1.54) is 0 Å². The molecule has 0 N–H and O–H groups in total.